The van der Waals surface area contributed by atoms with Gasteiger partial charge in [-0.2, -0.15) is 13.2 Å². The van der Waals surface area contributed by atoms with Crippen molar-refractivity contribution in [1.82, 2.24) is 15.1 Å². The lowest BCUT2D eigenvalue weighted by molar-refractivity contribution is -0.165. The summed E-state index contributed by atoms with van der Waals surface area (Å²) in [6, 6.07) is 0. The molecule has 2 heterocycles. The molecule has 0 bridgehead atoms. The Morgan fingerprint density at radius 2 is 2.04 bits per heavy atom. The molecule has 5 nitrogen and oxygen atoms in total. The van der Waals surface area contributed by atoms with Gasteiger partial charge in [0, 0.05) is 26.1 Å². The van der Waals surface area contributed by atoms with Crippen LogP contribution < -0.4 is 5.32 Å². The molecule has 1 N–H and O–H groups in total. The van der Waals surface area contributed by atoms with Crippen LogP contribution >= 0.6 is 0 Å². The van der Waals surface area contributed by atoms with E-state index in [2.05, 4.69) is 5.32 Å². The van der Waals surface area contributed by atoms with Crippen molar-refractivity contribution in [2.45, 2.75) is 51.6 Å². The van der Waals surface area contributed by atoms with Gasteiger partial charge in [0.1, 0.15) is 6.54 Å². The van der Waals surface area contributed by atoms with Crippen molar-refractivity contribution in [3.63, 3.8) is 0 Å². The maximum Gasteiger partial charge on any atom is 0.406 e. The van der Waals surface area contributed by atoms with Crippen LogP contribution in [0.3, 0.4) is 0 Å². The molecule has 0 spiro atoms. The number of halogens is 3. The fraction of sp³-hybridized carbons (Fsp3) is 0.889. The van der Waals surface area contributed by atoms with Gasteiger partial charge in [-0.1, -0.05) is 6.92 Å². The van der Waals surface area contributed by atoms with E-state index in [-0.39, 0.29) is 19.0 Å². The zero-order chi connectivity index (χ0) is 19.2. The van der Waals surface area contributed by atoms with E-state index in [0.29, 0.717) is 38.1 Å². The number of amides is 2. The first-order valence-electron chi connectivity index (χ1n) is 9.64. The quantitative estimate of drug-likeness (QED) is 0.741. The van der Waals surface area contributed by atoms with Gasteiger partial charge in [-0.05, 0) is 51.1 Å². The van der Waals surface area contributed by atoms with E-state index in [1.54, 1.807) is 11.8 Å². The molecular formula is C18H30F3N3O2. The van der Waals surface area contributed by atoms with Crippen LogP contribution in [0.1, 0.15) is 45.4 Å². The highest BCUT2D eigenvalue weighted by molar-refractivity contribution is 5.81. The van der Waals surface area contributed by atoms with Crippen molar-refractivity contribution < 1.29 is 22.8 Å². The van der Waals surface area contributed by atoms with Gasteiger partial charge in [0.15, 0.2) is 0 Å². The van der Waals surface area contributed by atoms with Crippen LogP contribution in [0, 0.1) is 11.8 Å². The molecular weight excluding hydrogens is 347 g/mol. The molecule has 2 atom stereocenters. The van der Waals surface area contributed by atoms with Crippen molar-refractivity contribution in [2.75, 3.05) is 39.3 Å². The molecule has 2 unspecified atom stereocenters. The number of alkyl halides is 3. The van der Waals surface area contributed by atoms with E-state index in [0.717, 1.165) is 30.8 Å². The van der Waals surface area contributed by atoms with Crippen molar-refractivity contribution in [1.29, 1.82) is 0 Å². The molecule has 2 saturated heterocycles. The van der Waals surface area contributed by atoms with Gasteiger partial charge in [-0.3, -0.25) is 9.59 Å². The normalized spacial score (nSPS) is 23.9. The highest BCUT2D eigenvalue weighted by Crippen LogP contribution is 2.24. The number of rotatable bonds is 7. The molecule has 0 aliphatic carbocycles. The smallest absolute Gasteiger partial charge is 0.342 e. The molecule has 0 radical (unpaired) electrons. The van der Waals surface area contributed by atoms with Gasteiger partial charge in [0.25, 0.3) is 0 Å². The van der Waals surface area contributed by atoms with E-state index in [9.17, 15) is 22.8 Å². The molecule has 0 saturated carbocycles. The summed E-state index contributed by atoms with van der Waals surface area (Å²) in [5, 5.41) is 3.27. The van der Waals surface area contributed by atoms with Crippen molar-refractivity contribution in [2.24, 2.45) is 11.8 Å². The lowest BCUT2D eigenvalue weighted by atomic mass is 9.95. The monoisotopic (exact) mass is 377 g/mol. The number of hydrogen-bond acceptors (Lipinski definition) is 3. The lowest BCUT2D eigenvalue weighted by Gasteiger charge is -2.35. The zero-order valence-corrected chi connectivity index (χ0v) is 15.5. The summed E-state index contributed by atoms with van der Waals surface area (Å²) >= 11 is 0. The summed E-state index contributed by atoms with van der Waals surface area (Å²) in [6.45, 7) is 3.42. The van der Waals surface area contributed by atoms with Crippen LogP contribution in [0.4, 0.5) is 13.2 Å². The topological polar surface area (TPSA) is 52.7 Å². The average Bonchev–Trinajstić information content (AvgIpc) is 3.11. The molecule has 0 aromatic carbocycles. The Balaban J connectivity index is 1.88. The first-order chi connectivity index (χ1) is 12.3. The predicted octanol–water partition coefficient (Wildman–Crippen LogP) is 2.42. The van der Waals surface area contributed by atoms with Crippen molar-refractivity contribution in [3.05, 3.63) is 0 Å². The van der Waals surface area contributed by atoms with Gasteiger partial charge >= 0.3 is 6.18 Å². The molecule has 150 valence electrons. The molecule has 2 amide bonds. The van der Waals surface area contributed by atoms with Crippen LogP contribution in [0.5, 0.6) is 0 Å². The second-order valence-electron chi connectivity index (χ2n) is 7.45. The van der Waals surface area contributed by atoms with E-state index in [1.165, 1.54) is 0 Å². The molecule has 8 heteroatoms. The highest BCUT2D eigenvalue weighted by Gasteiger charge is 2.37. The Morgan fingerprint density at radius 3 is 2.65 bits per heavy atom. The van der Waals surface area contributed by atoms with Crippen LogP contribution in [0.2, 0.25) is 0 Å². The van der Waals surface area contributed by atoms with Crippen LogP contribution in [-0.4, -0.2) is 67.1 Å². The first-order valence-corrected chi connectivity index (χ1v) is 9.64. The maximum atomic E-state index is 12.7. The number of carbonyl (C=O) groups excluding carboxylic acids is 2. The number of nitrogens with one attached hydrogen (secondary N) is 1. The Kier molecular flexibility index (Phi) is 7.73. The van der Waals surface area contributed by atoms with E-state index in [1.807, 2.05) is 0 Å². The number of piperidine rings is 1. The zero-order valence-electron chi connectivity index (χ0n) is 15.5. The van der Waals surface area contributed by atoms with E-state index >= 15 is 0 Å². The van der Waals surface area contributed by atoms with E-state index in [4.69, 9.17) is 0 Å². The summed E-state index contributed by atoms with van der Waals surface area (Å²) < 4.78 is 38.2. The Hall–Kier alpha value is -1.31. The van der Waals surface area contributed by atoms with Gasteiger partial charge in [0.2, 0.25) is 11.8 Å². The van der Waals surface area contributed by atoms with Crippen LogP contribution in [-0.2, 0) is 9.59 Å². The standard InChI is InChI=1S/C18H30F3N3O2/c1-2-9-24(13-18(19,20)21)17(26)15-4-3-10-23(12-15)16(25)6-5-14-7-8-22-11-14/h14-15,22H,2-13H2,1H3. The molecule has 0 aromatic heterocycles. The fourth-order valence-corrected chi connectivity index (χ4v) is 3.86. The second kappa shape index (κ2) is 9.58. The predicted molar refractivity (Wildman–Crippen MR) is 92.4 cm³/mol. The third-order valence-corrected chi connectivity index (χ3v) is 5.23. The highest BCUT2D eigenvalue weighted by atomic mass is 19.4. The largest absolute Gasteiger partial charge is 0.406 e. The summed E-state index contributed by atoms with van der Waals surface area (Å²) in [6.07, 6.45) is -0.341. The Bertz CT molecular complexity index is 479. The molecule has 2 fully saturated rings. The Labute approximate surface area is 153 Å². The molecule has 2 aliphatic heterocycles. The SMILES string of the molecule is CCCN(CC(F)(F)F)C(=O)C1CCCN(C(=O)CCC2CCNC2)C1. The van der Waals surface area contributed by atoms with Gasteiger partial charge < -0.3 is 15.1 Å². The average molecular weight is 377 g/mol. The molecule has 0 aromatic rings. The number of hydrogen-bond donors (Lipinski definition) is 1. The third-order valence-electron chi connectivity index (χ3n) is 5.23. The summed E-state index contributed by atoms with van der Waals surface area (Å²) in [4.78, 5) is 27.6. The molecule has 2 aliphatic rings. The number of likely N-dealkylation sites (tertiary alicyclic amines) is 1. The minimum atomic E-state index is -4.40. The lowest BCUT2D eigenvalue weighted by Crippen LogP contribution is -2.49. The third kappa shape index (κ3) is 6.45. The van der Waals surface area contributed by atoms with Crippen LogP contribution in [0.15, 0.2) is 0 Å². The second-order valence-corrected chi connectivity index (χ2v) is 7.45. The summed E-state index contributed by atoms with van der Waals surface area (Å²) in [5.41, 5.74) is 0. The van der Waals surface area contributed by atoms with Gasteiger partial charge in [0.05, 0.1) is 5.92 Å². The van der Waals surface area contributed by atoms with E-state index < -0.39 is 24.5 Å². The minimum Gasteiger partial charge on any atom is -0.342 e. The molecule has 26 heavy (non-hydrogen) atoms. The fourth-order valence-electron chi connectivity index (χ4n) is 3.86. The van der Waals surface area contributed by atoms with Crippen LogP contribution in [0.25, 0.3) is 0 Å². The van der Waals surface area contributed by atoms with Crippen molar-refractivity contribution >= 4 is 11.8 Å². The number of carbonyl (C=O) groups is 2. The summed E-state index contributed by atoms with van der Waals surface area (Å²) in [5.74, 6) is -0.448. The van der Waals surface area contributed by atoms with Gasteiger partial charge in [-0.15, -0.1) is 0 Å². The maximum absolute atomic E-state index is 12.7. The molecule has 2 rings (SSSR count). The summed E-state index contributed by atoms with van der Waals surface area (Å²) in [7, 11) is 0. The minimum absolute atomic E-state index is 0.0206. The Morgan fingerprint density at radius 1 is 1.27 bits per heavy atom. The van der Waals surface area contributed by atoms with Crippen molar-refractivity contribution in [3.8, 4) is 0 Å². The number of nitrogens with zero attached hydrogens (tertiary/aromatic N) is 2. The van der Waals surface area contributed by atoms with Gasteiger partial charge in [-0.25, -0.2) is 0 Å². The first kappa shape index (κ1) is 21.0.